The average Bonchev–Trinajstić information content (AvgIpc) is 3.23. The van der Waals surface area contributed by atoms with Crippen molar-refractivity contribution in [2.45, 2.75) is 6.92 Å². The van der Waals surface area contributed by atoms with Crippen LogP contribution in [0.15, 0.2) is 72.0 Å². The monoisotopic (exact) mass is 321 g/mol. The van der Waals surface area contributed by atoms with E-state index >= 15 is 0 Å². The van der Waals surface area contributed by atoms with Crippen LogP contribution in [0.1, 0.15) is 10.4 Å². The Bertz CT molecular complexity index is 828. The lowest BCUT2D eigenvalue weighted by molar-refractivity contribution is 0.717. The van der Waals surface area contributed by atoms with E-state index in [1.54, 1.807) is 16.5 Å². The molecule has 1 aromatic heterocycles. The molecule has 0 atom stereocenters. The first kappa shape index (κ1) is 13.9. The van der Waals surface area contributed by atoms with Crippen LogP contribution in [0, 0.1) is 6.92 Å². The summed E-state index contributed by atoms with van der Waals surface area (Å²) in [4.78, 5) is 5.64. The molecule has 23 heavy (non-hydrogen) atoms. The third-order valence-electron chi connectivity index (χ3n) is 3.43. The molecule has 0 spiro atoms. The molecule has 4 rings (SSSR count). The third-order valence-corrected chi connectivity index (χ3v) is 4.33. The molecule has 1 aliphatic heterocycles. The maximum atomic E-state index is 4.73. The molecule has 1 N–H and O–H groups in total. The van der Waals surface area contributed by atoms with Crippen LogP contribution in [0.2, 0.25) is 0 Å². The van der Waals surface area contributed by atoms with E-state index < -0.39 is 0 Å². The Hall–Kier alpha value is -2.70. The van der Waals surface area contributed by atoms with Gasteiger partial charge < -0.3 is 0 Å². The van der Waals surface area contributed by atoms with Crippen LogP contribution in [0.5, 0.6) is 0 Å². The third kappa shape index (κ3) is 2.69. The largest absolute Gasteiger partial charge is 0.227 e. The van der Waals surface area contributed by atoms with E-state index in [-0.39, 0.29) is 0 Å². The zero-order valence-corrected chi connectivity index (χ0v) is 13.4. The lowest BCUT2D eigenvalue weighted by Gasteiger charge is -2.19. The molecule has 0 saturated carbocycles. The van der Waals surface area contributed by atoms with Crippen molar-refractivity contribution in [2.75, 3.05) is 10.1 Å². The fourth-order valence-corrected chi connectivity index (χ4v) is 3.06. The summed E-state index contributed by atoms with van der Waals surface area (Å²) < 4.78 is 0. The number of hydrogen-bond donors (Lipinski definition) is 1. The molecule has 5 nitrogen and oxygen atoms in total. The highest BCUT2D eigenvalue weighted by atomic mass is 32.1. The van der Waals surface area contributed by atoms with Crippen molar-refractivity contribution in [2.24, 2.45) is 5.10 Å². The second-order valence-corrected chi connectivity index (χ2v) is 6.34. The SMILES string of the molecule is Cc1cnc(N2NN(c3ccccc3)N=C2c2ccccc2)s1. The summed E-state index contributed by atoms with van der Waals surface area (Å²) in [5.74, 6) is 0.823. The van der Waals surface area contributed by atoms with E-state index in [1.165, 1.54) is 0 Å². The van der Waals surface area contributed by atoms with Gasteiger partial charge in [0.25, 0.3) is 0 Å². The number of hydrazone groups is 1. The molecule has 0 radical (unpaired) electrons. The van der Waals surface area contributed by atoms with Gasteiger partial charge in [0.2, 0.25) is 5.13 Å². The van der Waals surface area contributed by atoms with Gasteiger partial charge in [0.15, 0.2) is 5.84 Å². The van der Waals surface area contributed by atoms with Crippen LogP contribution < -0.4 is 15.7 Å². The van der Waals surface area contributed by atoms with Crippen molar-refractivity contribution in [1.82, 2.24) is 10.5 Å². The van der Waals surface area contributed by atoms with Crippen LogP contribution in [0.3, 0.4) is 0 Å². The Balaban J connectivity index is 1.75. The van der Waals surface area contributed by atoms with E-state index in [4.69, 9.17) is 5.10 Å². The number of anilines is 2. The number of rotatable bonds is 3. The maximum absolute atomic E-state index is 4.73. The Morgan fingerprint density at radius 1 is 0.957 bits per heavy atom. The molecule has 2 heterocycles. The summed E-state index contributed by atoms with van der Waals surface area (Å²) in [6.07, 6.45) is 1.87. The van der Waals surface area contributed by atoms with Crippen molar-refractivity contribution < 1.29 is 0 Å². The fraction of sp³-hybridized carbons (Fsp3) is 0.0588. The number of nitrogens with zero attached hydrogens (tertiary/aromatic N) is 4. The lowest BCUT2D eigenvalue weighted by atomic mass is 10.2. The molecule has 6 heteroatoms. The summed E-state index contributed by atoms with van der Waals surface area (Å²) in [5, 5.41) is 9.27. The Morgan fingerprint density at radius 3 is 2.30 bits per heavy atom. The Morgan fingerprint density at radius 2 is 1.65 bits per heavy atom. The predicted octanol–water partition coefficient (Wildman–Crippen LogP) is 3.56. The molecule has 1 aliphatic rings. The molecule has 0 amide bonds. The zero-order chi connectivity index (χ0) is 15.6. The van der Waals surface area contributed by atoms with E-state index in [1.807, 2.05) is 78.8 Å². The van der Waals surface area contributed by atoms with Crippen molar-refractivity contribution in [3.05, 3.63) is 77.3 Å². The molecule has 3 aromatic rings. The minimum absolute atomic E-state index is 0.823. The topological polar surface area (TPSA) is 43.8 Å². The number of aromatic nitrogens is 1. The second-order valence-electron chi connectivity index (χ2n) is 5.13. The van der Waals surface area contributed by atoms with Crippen LogP contribution in [0.4, 0.5) is 10.8 Å². The van der Waals surface area contributed by atoms with Gasteiger partial charge in [-0.05, 0) is 19.1 Å². The normalized spacial score (nSPS) is 14.2. The minimum atomic E-state index is 0.823. The Kier molecular flexibility index (Phi) is 3.53. The molecule has 0 saturated heterocycles. The number of aryl methyl sites for hydroxylation is 1. The number of para-hydroxylation sites is 1. The van der Waals surface area contributed by atoms with Crippen LogP contribution >= 0.6 is 11.3 Å². The van der Waals surface area contributed by atoms with Crippen LogP contribution in [-0.2, 0) is 0 Å². The molecule has 0 fully saturated rings. The highest BCUT2D eigenvalue weighted by molar-refractivity contribution is 7.15. The van der Waals surface area contributed by atoms with Gasteiger partial charge in [-0.2, -0.15) is 5.12 Å². The van der Waals surface area contributed by atoms with E-state index in [2.05, 4.69) is 10.5 Å². The van der Waals surface area contributed by atoms with Gasteiger partial charge in [0.05, 0.1) is 5.69 Å². The minimum Gasteiger partial charge on any atom is -0.227 e. The van der Waals surface area contributed by atoms with Crippen molar-refractivity contribution in [3.8, 4) is 0 Å². The predicted molar refractivity (Wildman–Crippen MR) is 94.4 cm³/mol. The molecule has 0 unspecified atom stereocenters. The maximum Gasteiger partial charge on any atom is 0.207 e. The second kappa shape index (κ2) is 5.83. The first-order chi connectivity index (χ1) is 11.3. The number of thiazole rings is 1. The quantitative estimate of drug-likeness (QED) is 0.801. The van der Waals surface area contributed by atoms with Gasteiger partial charge in [-0.3, -0.25) is 0 Å². The number of hydrazine groups is 2. The lowest BCUT2D eigenvalue weighted by Crippen LogP contribution is -2.43. The number of benzene rings is 2. The van der Waals surface area contributed by atoms with Crippen LogP contribution in [-0.4, -0.2) is 10.8 Å². The van der Waals surface area contributed by atoms with Gasteiger partial charge >= 0.3 is 0 Å². The standard InChI is InChI=1S/C17H15N5S/c1-13-12-18-17(23-13)21-16(14-8-4-2-5-9-14)19-22(20-21)15-10-6-3-7-11-15/h2-12,20H,1H3. The zero-order valence-electron chi connectivity index (χ0n) is 12.5. The number of amidine groups is 1. The van der Waals surface area contributed by atoms with Crippen LogP contribution in [0.25, 0.3) is 0 Å². The van der Waals surface area contributed by atoms with E-state index in [0.717, 1.165) is 27.1 Å². The van der Waals surface area contributed by atoms with E-state index in [9.17, 15) is 0 Å². The number of hydrogen-bond acceptors (Lipinski definition) is 6. The van der Waals surface area contributed by atoms with Crippen molar-refractivity contribution in [1.29, 1.82) is 0 Å². The smallest absolute Gasteiger partial charge is 0.207 e. The molecule has 0 bridgehead atoms. The Labute approximate surface area is 138 Å². The van der Waals surface area contributed by atoms with Crippen molar-refractivity contribution in [3.63, 3.8) is 0 Å². The fourth-order valence-electron chi connectivity index (χ4n) is 2.34. The average molecular weight is 321 g/mol. The molecule has 2 aromatic carbocycles. The first-order valence-corrected chi connectivity index (χ1v) is 8.11. The summed E-state index contributed by atoms with van der Waals surface area (Å²) in [6.45, 7) is 2.05. The molecular formula is C17H15N5S. The highest BCUT2D eigenvalue weighted by Gasteiger charge is 2.28. The van der Waals surface area contributed by atoms with Gasteiger partial charge in [-0.15, -0.1) is 22.0 Å². The summed E-state index contributed by atoms with van der Waals surface area (Å²) in [6, 6.07) is 20.1. The molecule has 114 valence electrons. The summed E-state index contributed by atoms with van der Waals surface area (Å²) in [5.41, 5.74) is 5.30. The number of nitrogens with one attached hydrogen (secondary N) is 1. The van der Waals surface area contributed by atoms with Gasteiger partial charge in [0, 0.05) is 16.6 Å². The van der Waals surface area contributed by atoms with Gasteiger partial charge in [-0.1, -0.05) is 48.5 Å². The molecule has 0 aliphatic carbocycles. The molecular weight excluding hydrogens is 306 g/mol. The van der Waals surface area contributed by atoms with E-state index in [0.29, 0.717) is 0 Å². The van der Waals surface area contributed by atoms with Gasteiger partial charge in [0.1, 0.15) is 0 Å². The first-order valence-electron chi connectivity index (χ1n) is 7.29. The van der Waals surface area contributed by atoms with Crippen molar-refractivity contribution >= 4 is 28.0 Å². The highest BCUT2D eigenvalue weighted by Crippen LogP contribution is 2.27. The van der Waals surface area contributed by atoms with Gasteiger partial charge in [-0.25, -0.2) is 9.99 Å². The summed E-state index contributed by atoms with van der Waals surface area (Å²) in [7, 11) is 0. The summed E-state index contributed by atoms with van der Waals surface area (Å²) >= 11 is 1.63.